The quantitative estimate of drug-likeness (QED) is 0.770. The molecule has 76 valence electrons. The highest BCUT2D eigenvalue weighted by Gasteiger charge is 2.17. The van der Waals surface area contributed by atoms with Crippen LogP contribution < -0.4 is 0 Å². The van der Waals surface area contributed by atoms with Gasteiger partial charge in [0.25, 0.3) is 0 Å². The summed E-state index contributed by atoms with van der Waals surface area (Å²) >= 11 is 5.87. The molecule has 0 unspecified atom stereocenters. The van der Waals surface area contributed by atoms with Crippen molar-refractivity contribution in [2.45, 2.75) is 13.8 Å². The Balaban J connectivity index is 3.18. The molecule has 0 heterocycles. The fourth-order valence-corrected chi connectivity index (χ4v) is 1.30. The largest absolute Gasteiger partial charge is 0.507 e. The second-order valence-electron chi connectivity index (χ2n) is 2.81. The molecule has 1 rings (SSSR count). The van der Waals surface area contributed by atoms with Gasteiger partial charge in [-0.15, -0.1) is 0 Å². The molecular weight excluding hydrogens is 204 g/mol. The first-order chi connectivity index (χ1) is 6.57. The Hall–Kier alpha value is -1.22. The van der Waals surface area contributed by atoms with Gasteiger partial charge < -0.3 is 9.84 Å². The number of rotatable bonds is 2. The second kappa shape index (κ2) is 4.33. The molecule has 4 heteroatoms. The van der Waals surface area contributed by atoms with Gasteiger partial charge >= 0.3 is 5.97 Å². The minimum atomic E-state index is -0.598. The zero-order valence-corrected chi connectivity index (χ0v) is 8.76. The van der Waals surface area contributed by atoms with Gasteiger partial charge in [-0.3, -0.25) is 0 Å². The van der Waals surface area contributed by atoms with Crippen LogP contribution in [0.5, 0.6) is 5.75 Å². The average molecular weight is 215 g/mol. The zero-order valence-electron chi connectivity index (χ0n) is 8.00. The van der Waals surface area contributed by atoms with E-state index in [0.717, 1.165) is 5.56 Å². The number of ether oxygens (including phenoxy) is 1. The predicted molar refractivity (Wildman–Crippen MR) is 53.8 cm³/mol. The fourth-order valence-electron chi connectivity index (χ4n) is 1.07. The van der Waals surface area contributed by atoms with Gasteiger partial charge in [0.2, 0.25) is 0 Å². The number of esters is 1. The van der Waals surface area contributed by atoms with Gasteiger partial charge in [-0.05, 0) is 25.5 Å². The van der Waals surface area contributed by atoms with Gasteiger partial charge in [0, 0.05) is 0 Å². The third-order valence-electron chi connectivity index (χ3n) is 1.79. The van der Waals surface area contributed by atoms with Crippen molar-refractivity contribution in [3.8, 4) is 5.75 Å². The number of aryl methyl sites for hydroxylation is 1. The van der Waals surface area contributed by atoms with E-state index >= 15 is 0 Å². The molecule has 0 radical (unpaired) electrons. The van der Waals surface area contributed by atoms with Gasteiger partial charge in [-0.25, -0.2) is 4.79 Å². The summed E-state index contributed by atoms with van der Waals surface area (Å²) in [6, 6.07) is 3.06. The Morgan fingerprint density at radius 2 is 2.21 bits per heavy atom. The van der Waals surface area contributed by atoms with Crippen LogP contribution in [-0.2, 0) is 4.74 Å². The van der Waals surface area contributed by atoms with Crippen molar-refractivity contribution in [3.63, 3.8) is 0 Å². The van der Waals surface area contributed by atoms with E-state index in [1.165, 1.54) is 6.07 Å². The van der Waals surface area contributed by atoms with Crippen LogP contribution in [-0.4, -0.2) is 17.7 Å². The van der Waals surface area contributed by atoms with Crippen LogP contribution in [0.25, 0.3) is 0 Å². The van der Waals surface area contributed by atoms with E-state index in [9.17, 15) is 9.90 Å². The maximum absolute atomic E-state index is 11.4. The van der Waals surface area contributed by atoms with Gasteiger partial charge in [0.05, 0.1) is 11.6 Å². The lowest BCUT2D eigenvalue weighted by Gasteiger charge is -2.07. The summed E-state index contributed by atoms with van der Waals surface area (Å²) in [6.07, 6.45) is 0. The monoisotopic (exact) mass is 214 g/mol. The van der Waals surface area contributed by atoms with Gasteiger partial charge in [-0.2, -0.15) is 0 Å². The number of phenolic OH excluding ortho intramolecular Hbond substituents is 1. The molecule has 0 fully saturated rings. The molecule has 3 nitrogen and oxygen atoms in total. The van der Waals surface area contributed by atoms with E-state index in [1.807, 2.05) is 0 Å². The van der Waals surface area contributed by atoms with Gasteiger partial charge in [0.1, 0.15) is 11.3 Å². The lowest BCUT2D eigenvalue weighted by atomic mass is 10.1. The Labute approximate surface area is 87.3 Å². The highest BCUT2D eigenvalue weighted by Crippen LogP contribution is 2.29. The average Bonchev–Trinajstić information content (AvgIpc) is 2.13. The number of aromatic hydroxyl groups is 1. The molecule has 14 heavy (non-hydrogen) atoms. The van der Waals surface area contributed by atoms with Crippen molar-refractivity contribution < 1.29 is 14.6 Å². The van der Waals surface area contributed by atoms with E-state index < -0.39 is 5.97 Å². The predicted octanol–water partition coefficient (Wildman–Crippen LogP) is 2.53. The summed E-state index contributed by atoms with van der Waals surface area (Å²) < 4.78 is 4.76. The van der Waals surface area contributed by atoms with Gasteiger partial charge in [0.15, 0.2) is 0 Å². The molecule has 0 aliphatic rings. The van der Waals surface area contributed by atoms with Crippen molar-refractivity contribution in [1.29, 1.82) is 0 Å². The van der Waals surface area contributed by atoms with Crippen LogP contribution in [0.15, 0.2) is 12.1 Å². The Morgan fingerprint density at radius 3 is 2.79 bits per heavy atom. The molecule has 0 atom stereocenters. The van der Waals surface area contributed by atoms with Crippen LogP contribution >= 0.6 is 11.6 Å². The summed E-state index contributed by atoms with van der Waals surface area (Å²) in [4.78, 5) is 11.4. The number of benzene rings is 1. The third-order valence-corrected chi connectivity index (χ3v) is 2.28. The summed E-state index contributed by atoms with van der Waals surface area (Å²) in [5.41, 5.74) is 0.765. The molecule has 0 saturated carbocycles. The SMILES string of the molecule is CCOC(=O)c1c(O)ccc(C)c1Cl. The van der Waals surface area contributed by atoms with Crippen molar-refractivity contribution >= 4 is 17.6 Å². The minimum absolute atomic E-state index is 0.0357. The smallest absolute Gasteiger partial charge is 0.343 e. The van der Waals surface area contributed by atoms with Crippen LogP contribution in [0.4, 0.5) is 0 Å². The highest BCUT2D eigenvalue weighted by atomic mass is 35.5. The number of hydrogen-bond acceptors (Lipinski definition) is 3. The van der Waals surface area contributed by atoms with E-state index in [0.29, 0.717) is 0 Å². The lowest BCUT2D eigenvalue weighted by Crippen LogP contribution is -2.06. The zero-order chi connectivity index (χ0) is 10.7. The van der Waals surface area contributed by atoms with Gasteiger partial charge in [-0.1, -0.05) is 17.7 Å². The molecule has 0 saturated heterocycles. The molecule has 0 bridgehead atoms. The summed E-state index contributed by atoms with van der Waals surface area (Å²) in [6.45, 7) is 3.70. The molecule has 0 amide bonds. The third kappa shape index (κ3) is 1.99. The Morgan fingerprint density at radius 1 is 1.57 bits per heavy atom. The van der Waals surface area contributed by atoms with Crippen molar-refractivity contribution in [3.05, 3.63) is 28.3 Å². The van der Waals surface area contributed by atoms with Crippen molar-refractivity contribution in [2.24, 2.45) is 0 Å². The topological polar surface area (TPSA) is 46.5 Å². The number of carbonyl (C=O) groups excluding carboxylic acids is 1. The molecule has 0 aliphatic carbocycles. The number of phenols is 1. The first-order valence-corrected chi connectivity index (χ1v) is 4.61. The molecule has 0 spiro atoms. The number of carbonyl (C=O) groups is 1. The molecule has 1 aromatic carbocycles. The maximum Gasteiger partial charge on any atom is 0.343 e. The normalized spacial score (nSPS) is 9.93. The van der Waals surface area contributed by atoms with E-state index in [-0.39, 0.29) is 22.9 Å². The van der Waals surface area contributed by atoms with E-state index in [1.54, 1.807) is 19.9 Å². The molecular formula is C10H11ClO3. The fraction of sp³-hybridized carbons (Fsp3) is 0.300. The Kier molecular flexibility index (Phi) is 3.36. The highest BCUT2D eigenvalue weighted by molar-refractivity contribution is 6.34. The van der Waals surface area contributed by atoms with Crippen molar-refractivity contribution in [1.82, 2.24) is 0 Å². The second-order valence-corrected chi connectivity index (χ2v) is 3.19. The number of hydrogen-bond donors (Lipinski definition) is 1. The summed E-state index contributed by atoms with van der Waals surface area (Å²) in [5, 5.41) is 9.67. The van der Waals surface area contributed by atoms with Crippen LogP contribution in [0, 0.1) is 6.92 Å². The summed E-state index contributed by atoms with van der Waals surface area (Å²) in [7, 11) is 0. The standard InChI is InChI=1S/C10H11ClO3/c1-3-14-10(13)8-7(12)5-4-6(2)9(8)11/h4-5,12H,3H2,1-2H3. The van der Waals surface area contributed by atoms with Crippen LogP contribution in [0.2, 0.25) is 5.02 Å². The van der Waals surface area contributed by atoms with E-state index in [2.05, 4.69) is 0 Å². The first-order valence-electron chi connectivity index (χ1n) is 4.23. The summed E-state index contributed by atoms with van der Waals surface area (Å²) in [5.74, 6) is -0.752. The minimum Gasteiger partial charge on any atom is -0.507 e. The Bertz CT molecular complexity index is 361. The lowest BCUT2D eigenvalue weighted by molar-refractivity contribution is 0.0523. The molecule has 1 aromatic rings. The molecule has 0 aromatic heterocycles. The van der Waals surface area contributed by atoms with Crippen molar-refractivity contribution in [2.75, 3.05) is 6.61 Å². The molecule has 1 N–H and O–H groups in total. The van der Waals surface area contributed by atoms with E-state index in [4.69, 9.17) is 16.3 Å². The number of halogens is 1. The van der Waals surface area contributed by atoms with Crippen LogP contribution in [0.3, 0.4) is 0 Å². The molecule has 0 aliphatic heterocycles. The first kappa shape index (κ1) is 10.9. The van der Waals surface area contributed by atoms with Crippen LogP contribution in [0.1, 0.15) is 22.8 Å². The maximum atomic E-state index is 11.4.